The number of urea groups is 1. The molecule has 0 bridgehead atoms. The summed E-state index contributed by atoms with van der Waals surface area (Å²) >= 11 is 0. The van der Waals surface area contributed by atoms with E-state index in [0.29, 0.717) is 13.0 Å². The second-order valence-electron chi connectivity index (χ2n) is 6.57. The highest BCUT2D eigenvalue weighted by molar-refractivity contribution is 5.74. The predicted molar refractivity (Wildman–Crippen MR) is 96.1 cm³/mol. The Morgan fingerprint density at radius 2 is 2.20 bits per heavy atom. The van der Waals surface area contributed by atoms with Crippen molar-refractivity contribution in [1.29, 1.82) is 0 Å². The lowest BCUT2D eigenvalue weighted by molar-refractivity contribution is 0.131. The minimum absolute atomic E-state index is 0.0295. The van der Waals surface area contributed by atoms with Crippen LogP contribution < -0.4 is 5.32 Å². The number of hydrogen-bond acceptors (Lipinski definition) is 3. The third-order valence-corrected chi connectivity index (χ3v) is 4.71. The molecule has 1 fully saturated rings. The second kappa shape index (κ2) is 8.67. The van der Waals surface area contributed by atoms with Gasteiger partial charge in [-0.3, -0.25) is 0 Å². The molecule has 0 radical (unpaired) electrons. The number of aliphatic hydroxyl groups excluding tert-OH is 1. The largest absolute Gasteiger partial charge is 0.396 e. The molecule has 134 valence electrons. The van der Waals surface area contributed by atoms with E-state index in [1.54, 1.807) is 12.5 Å². The van der Waals surface area contributed by atoms with Gasteiger partial charge < -0.3 is 19.9 Å². The molecule has 1 aromatic heterocycles. The van der Waals surface area contributed by atoms with E-state index < -0.39 is 0 Å². The molecule has 0 spiro atoms. The van der Waals surface area contributed by atoms with Crippen LogP contribution in [0.15, 0.2) is 43.0 Å². The summed E-state index contributed by atoms with van der Waals surface area (Å²) in [6.07, 6.45) is 9.31. The fourth-order valence-electron chi connectivity index (χ4n) is 3.43. The molecule has 0 aliphatic carbocycles. The van der Waals surface area contributed by atoms with Crippen molar-refractivity contribution in [1.82, 2.24) is 19.8 Å². The summed E-state index contributed by atoms with van der Waals surface area (Å²) in [6, 6.07) is 8.36. The van der Waals surface area contributed by atoms with E-state index in [9.17, 15) is 9.90 Å². The van der Waals surface area contributed by atoms with Gasteiger partial charge in [0, 0.05) is 44.7 Å². The zero-order valence-electron chi connectivity index (χ0n) is 14.5. The van der Waals surface area contributed by atoms with E-state index in [1.165, 1.54) is 5.56 Å². The Bertz CT molecular complexity index is 670. The number of rotatable bonds is 6. The first-order valence-electron chi connectivity index (χ1n) is 8.95. The minimum atomic E-state index is -0.0295. The average Bonchev–Trinajstić information content (AvgIpc) is 3.14. The van der Waals surface area contributed by atoms with Crippen molar-refractivity contribution >= 4 is 6.03 Å². The summed E-state index contributed by atoms with van der Waals surface area (Å²) in [6.45, 7) is 2.19. The van der Waals surface area contributed by atoms with E-state index in [2.05, 4.69) is 22.4 Å². The highest BCUT2D eigenvalue weighted by Crippen LogP contribution is 2.19. The Morgan fingerprint density at radius 1 is 1.32 bits per heavy atom. The van der Waals surface area contributed by atoms with Crippen molar-refractivity contribution in [3.63, 3.8) is 0 Å². The molecule has 1 unspecified atom stereocenters. The van der Waals surface area contributed by atoms with Gasteiger partial charge in [0.25, 0.3) is 0 Å². The van der Waals surface area contributed by atoms with Gasteiger partial charge in [-0.2, -0.15) is 0 Å². The second-order valence-corrected chi connectivity index (χ2v) is 6.57. The van der Waals surface area contributed by atoms with Crippen molar-refractivity contribution in [2.45, 2.75) is 44.8 Å². The lowest BCUT2D eigenvalue weighted by Crippen LogP contribution is -2.48. The summed E-state index contributed by atoms with van der Waals surface area (Å²) < 4.78 is 2.02. The van der Waals surface area contributed by atoms with E-state index >= 15 is 0 Å². The van der Waals surface area contributed by atoms with E-state index in [-0.39, 0.29) is 18.7 Å². The Kier molecular flexibility index (Phi) is 6.06. The van der Waals surface area contributed by atoms with Crippen LogP contribution in [0.1, 0.15) is 36.8 Å². The van der Waals surface area contributed by atoms with Gasteiger partial charge in [0.1, 0.15) is 0 Å². The smallest absolute Gasteiger partial charge is 0.317 e. The number of benzene rings is 1. The van der Waals surface area contributed by atoms with Gasteiger partial charge in [0.05, 0.1) is 6.33 Å². The molecule has 1 aromatic carbocycles. The fraction of sp³-hybridized carbons (Fsp3) is 0.474. The Morgan fingerprint density at radius 3 is 3.00 bits per heavy atom. The minimum Gasteiger partial charge on any atom is -0.396 e. The zero-order chi connectivity index (χ0) is 17.5. The van der Waals surface area contributed by atoms with Crippen LogP contribution in [0.25, 0.3) is 0 Å². The Balaban J connectivity index is 1.56. The maximum absolute atomic E-state index is 12.5. The number of imidazole rings is 1. The molecule has 2 heterocycles. The molecule has 1 atom stereocenters. The first-order chi connectivity index (χ1) is 12.3. The van der Waals surface area contributed by atoms with Crippen LogP contribution in [0.2, 0.25) is 0 Å². The van der Waals surface area contributed by atoms with Crippen LogP contribution in [0, 0.1) is 0 Å². The quantitative estimate of drug-likeness (QED) is 0.847. The summed E-state index contributed by atoms with van der Waals surface area (Å²) in [5.74, 6) is 0. The van der Waals surface area contributed by atoms with Crippen molar-refractivity contribution < 1.29 is 9.90 Å². The van der Waals surface area contributed by atoms with E-state index in [0.717, 1.165) is 37.9 Å². The number of aromatic nitrogens is 2. The van der Waals surface area contributed by atoms with Crippen LogP contribution in [0.3, 0.4) is 0 Å². The molecular weight excluding hydrogens is 316 g/mol. The fourth-order valence-corrected chi connectivity index (χ4v) is 3.43. The van der Waals surface area contributed by atoms with Gasteiger partial charge >= 0.3 is 6.03 Å². The number of hydrogen-bond donors (Lipinski definition) is 2. The lowest BCUT2D eigenvalue weighted by Gasteiger charge is -2.35. The molecule has 0 saturated carbocycles. The van der Waals surface area contributed by atoms with Gasteiger partial charge in [-0.15, -0.1) is 0 Å². The monoisotopic (exact) mass is 342 g/mol. The van der Waals surface area contributed by atoms with Crippen LogP contribution in [-0.2, 0) is 13.1 Å². The first kappa shape index (κ1) is 17.5. The van der Waals surface area contributed by atoms with E-state index in [4.69, 9.17) is 0 Å². The molecule has 1 saturated heterocycles. The maximum Gasteiger partial charge on any atom is 0.317 e. The van der Waals surface area contributed by atoms with Crippen LogP contribution in [-0.4, -0.2) is 44.8 Å². The Labute approximate surface area is 148 Å². The summed E-state index contributed by atoms with van der Waals surface area (Å²) in [5, 5.41) is 12.2. The Hall–Kier alpha value is -2.34. The van der Waals surface area contributed by atoms with Crippen LogP contribution in [0.4, 0.5) is 4.79 Å². The third kappa shape index (κ3) is 4.82. The normalized spacial score (nSPS) is 17.5. The SMILES string of the molecule is O=C(NCc1cccc(Cn2ccnc2)c1)N1CCCCC1CCO. The maximum atomic E-state index is 12.5. The summed E-state index contributed by atoms with van der Waals surface area (Å²) in [4.78, 5) is 18.5. The van der Waals surface area contributed by atoms with Crippen molar-refractivity contribution in [3.8, 4) is 0 Å². The molecule has 25 heavy (non-hydrogen) atoms. The topological polar surface area (TPSA) is 70.4 Å². The number of likely N-dealkylation sites (tertiary alicyclic amines) is 1. The summed E-state index contributed by atoms with van der Waals surface area (Å²) in [7, 11) is 0. The van der Waals surface area contributed by atoms with Gasteiger partial charge in [-0.25, -0.2) is 9.78 Å². The summed E-state index contributed by atoms with van der Waals surface area (Å²) in [5.41, 5.74) is 2.27. The number of carbonyl (C=O) groups excluding carboxylic acids is 1. The number of nitrogens with one attached hydrogen (secondary N) is 1. The molecule has 6 heteroatoms. The van der Waals surface area contributed by atoms with Crippen molar-refractivity contribution in [3.05, 3.63) is 54.1 Å². The number of amides is 2. The molecule has 2 N–H and O–H groups in total. The molecule has 2 aromatic rings. The van der Waals surface area contributed by atoms with Gasteiger partial charge in [-0.1, -0.05) is 24.3 Å². The first-order valence-corrected chi connectivity index (χ1v) is 8.95. The molecule has 6 nitrogen and oxygen atoms in total. The predicted octanol–water partition coefficient (Wildman–Crippen LogP) is 2.38. The molecule has 1 aliphatic heterocycles. The number of aliphatic hydroxyl groups is 1. The standard InChI is InChI=1S/C19H26N4O2/c24-11-7-18-6-1-2-9-23(18)19(25)21-13-16-4-3-5-17(12-16)14-22-10-8-20-15-22/h3-5,8,10,12,15,18,24H,1-2,6-7,9,11,13-14H2,(H,21,25). The van der Waals surface area contributed by atoms with Crippen LogP contribution in [0.5, 0.6) is 0 Å². The van der Waals surface area contributed by atoms with Gasteiger partial charge in [-0.05, 0) is 36.8 Å². The zero-order valence-corrected chi connectivity index (χ0v) is 14.5. The highest BCUT2D eigenvalue weighted by Gasteiger charge is 2.25. The van der Waals surface area contributed by atoms with Gasteiger partial charge in [0.2, 0.25) is 0 Å². The van der Waals surface area contributed by atoms with Crippen LogP contribution >= 0.6 is 0 Å². The average molecular weight is 342 g/mol. The lowest BCUT2D eigenvalue weighted by atomic mass is 10.0. The molecule has 1 aliphatic rings. The number of piperidine rings is 1. The molecule has 3 rings (SSSR count). The van der Waals surface area contributed by atoms with Crippen molar-refractivity contribution in [2.75, 3.05) is 13.2 Å². The van der Waals surface area contributed by atoms with Gasteiger partial charge in [0.15, 0.2) is 0 Å². The van der Waals surface area contributed by atoms with E-state index in [1.807, 2.05) is 27.8 Å². The number of carbonyl (C=O) groups is 1. The highest BCUT2D eigenvalue weighted by atomic mass is 16.3. The molecule has 2 amide bonds. The van der Waals surface area contributed by atoms with Crippen molar-refractivity contribution in [2.24, 2.45) is 0 Å². The third-order valence-electron chi connectivity index (χ3n) is 4.71. The molecular formula is C19H26N4O2. The number of nitrogens with zero attached hydrogens (tertiary/aromatic N) is 3.